The van der Waals surface area contributed by atoms with E-state index in [1.165, 1.54) is 13.3 Å². The number of aryl methyl sites for hydroxylation is 1. The molecule has 0 bridgehead atoms. The molecule has 24 heavy (non-hydrogen) atoms. The Morgan fingerprint density at radius 1 is 1.12 bits per heavy atom. The summed E-state index contributed by atoms with van der Waals surface area (Å²) < 4.78 is 5.14. The Morgan fingerprint density at radius 2 is 1.79 bits per heavy atom. The first-order valence-electron chi connectivity index (χ1n) is 8.35. The Hall–Kier alpha value is -2.37. The van der Waals surface area contributed by atoms with E-state index in [4.69, 9.17) is 4.74 Å². The van der Waals surface area contributed by atoms with Crippen molar-refractivity contribution in [3.8, 4) is 0 Å². The molecule has 2 rings (SSSR count). The van der Waals surface area contributed by atoms with E-state index >= 15 is 0 Å². The maximum atomic E-state index is 12.1. The number of esters is 1. The van der Waals surface area contributed by atoms with Crippen molar-refractivity contribution in [3.63, 3.8) is 0 Å². The van der Waals surface area contributed by atoms with Gasteiger partial charge in [0.1, 0.15) is 0 Å². The third kappa shape index (κ3) is 5.08. The van der Waals surface area contributed by atoms with E-state index in [1.807, 2.05) is 6.07 Å². The molecule has 0 unspecified atom stereocenters. The highest BCUT2D eigenvalue weighted by molar-refractivity contribution is 5.98. The van der Waals surface area contributed by atoms with Crippen LogP contribution in [0.2, 0.25) is 0 Å². The number of urea groups is 1. The van der Waals surface area contributed by atoms with Crippen LogP contribution in [0.1, 0.15) is 54.9 Å². The number of hydrogen-bond acceptors (Lipinski definition) is 4. The van der Waals surface area contributed by atoms with Crippen LogP contribution in [0.5, 0.6) is 0 Å². The van der Waals surface area contributed by atoms with Crippen molar-refractivity contribution in [2.75, 3.05) is 0 Å². The summed E-state index contributed by atoms with van der Waals surface area (Å²) in [5, 5.41) is 5.02. The first kappa shape index (κ1) is 18.0. The first-order valence-corrected chi connectivity index (χ1v) is 8.35. The van der Waals surface area contributed by atoms with Gasteiger partial charge < -0.3 is 10.1 Å². The zero-order valence-corrected chi connectivity index (χ0v) is 14.1. The first-order chi connectivity index (χ1) is 11.5. The molecule has 1 aromatic rings. The molecule has 0 radical (unpaired) electrons. The number of imide groups is 1. The van der Waals surface area contributed by atoms with Crippen LogP contribution in [-0.4, -0.2) is 30.1 Å². The van der Waals surface area contributed by atoms with Crippen molar-refractivity contribution in [3.05, 3.63) is 35.4 Å². The standard InChI is InChI=1S/C18H24N2O4/c1-12-8-6-7-11-15(12)17(22)24-13(2)16(21)20-18(23)19-14-9-4-3-5-10-14/h6-8,11,13-14H,3-5,9-10H2,1-2H3,(H2,19,20,21,23)/t13-/m1/s1. The van der Waals surface area contributed by atoms with Gasteiger partial charge in [-0.25, -0.2) is 9.59 Å². The van der Waals surface area contributed by atoms with Crippen LogP contribution in [0.3, 0.4) is 0 Å². The van der Waals surface area contributed by atoms with E-state index in [1.54, 1.807) is 25.1 Å². The molecule has 0 aliphatic heterocycles. The van der Waals surface area contributed by atoms with Crippen LogP contribution in [0.25, 0.3) is 0 Å². The molecule has 3 amide bonds. The normalized spacial score (nSPS) is 16.1. The monoisotopic (exact) mass is 332 g/mol. The number of nitrogens with one attached hydrogen (secondary N) is 2. The van der Waals surface area contributed by atoms with Gasteiger partial charge in [0.25, 0.3) is 5.91 Å². The molecule has 0 aromatic heterocycles. The van der Waals surface area contributed by atoms with Gasteiger partial charge in [0, 0.05) is 6.04 Å². The fraction of sp³-hybridized carbons (Fsp3) is 0.500. The lowest BCUT2D eigenvalue weighted by Crippen LogP contribution is -2.48. The summed E-state index contributed by atoms with van der Waals surface area (Å²) in [7, 11) is 0. The summed E-state index contributed by atoms with van der Waals surface area (Å²) in [6.07, 6.45) is 4.17. The van der Waals surface area contributed by atoms with Crippen LogP contribution in [0.15, 0.2) is 24.3 Å². The smallest absolute Gasteiger partial charge is 0.339 e. The Labute approximate surface area is 142 Å². The van der Waals surface area contributed by atoms with Crippen molar-refractivity contribution in [2.45, 2.75) is 58.1 Å². The maximum absolute atomic E-state index is 12.1. The number of hydrogen-bond donors (Lipinski definition) is 2. The van der Waals surface area contributed by atoms with Crippen molar-refractivity contribution in [1.29, 1.82) is 0 Å². The predicted octanol–water partition coefficient (Wildman–Crippen LogP) is 2.70. The van der Waals surface area contributed by atoms with Crippen LogP contribution >= 0.6 is 0 Å². The number of ether oxygens (including phenoxy) is 1. The summed E-state index contributed by atoms with van der Waals surface area (Å²) in [4.78, 5) is 35.9. The molecule has 1 atom stereocenters. The lowest BCUT2D eigenvalue weighted by Gasteiger charge is -2.23. The van der Waals surface area contributed by atoms with E-state index in [-0.39, 0.29) is 6.04 Å². The number of benzene rings is 1. The molecule has 2 N–H and O–H groups in total. The van der Waals surface area contributed by atoms with Crippen LogP contribution in [0.4, 0.5) is 4.79 Å². The van der Waals surface area contributed by atoms with Crippen LogP contribution < -0.4 is 10.6 Å². The van der Waals surface area contributed by atoms with Gasteiger partial charge in [0.05, 0.1) is 5.56 Å². The predicted molar refractivity (Wildman–Crippen MR) is 89.6 cm³/mol. The summed E-state index contributed by atoms with van der Waals surface area (Å²) in [5.74, 6) is -1.21. The van der Waals surface area contributed by atoms with E-state index in [0.717, 1.165) is 31.2 Å². The molecule has 1 saturated carbocycles. The third-order valence-electron chi connectivity index (χ3n) is 4.20. The Balaban J connectivity index is 1.82. The summed E-state index contributed by atoms with van der Waals surface area (Å²) >= 11 is 0. The van der Waals surface area contributed by atoms with E-state index in [2.05, 4.69) is 10.6 Å². The van der Waals surface area contributed by atoms with Gasteiger partial charge in [-0.15, -0.1) is 0 Å². The van der Waals surface area contributed by atoms with Gasteiger partial charge in [-0.3, -0.25) is 10.1 Å². The van der Waals surface area contributed by atoms with Crippen LogP contribution in [0, 0.1) is 6.92 Å². The Morgan fingerprint density at radius 3 is 2.46 bits per heavy atom. The number of carbonyl (C=O) groups is 3. The van der Waals surface area contributed by atoms with Gasteiger partial charge >= 0.3 is 12.0 Å². The summed E-state index contributed by atoms with van der Waals surface area (Å²) in [6.45, 7) is 3.23. The average molecular weight is 332 g/mol. The highest BCUT2D eigenvalue weighted by Gasteiger charge is 2.23. The summed E-state index contributed by atoms with van der Waals surface area (Å²) in [5.41, 5.74) is 1.17. The van der Waals surface area contributed by atoms with Crippen molar-refractivity contribution < 1.29 is 19.1 Å². The van der Waals surface area contributed by atoms with Gasteiger partial charge in [-0.1, -0.05) is 37.5 Å². The minimum absolute atomic E-state index is 0.108. The molecule has 0 heterocycles. The molecule has 6 nitrogen and oxygen atoms in total. The van der Waals surface area contributed by atoms with E-state index in [0.29, 0.717) is 5.56 Å². The minimum Gasteiger partial charge on any atom is -0.449 e. The zero-order valence-electron chi connectivity index (χ0n) is 14.1. The SMILES string of the molecule is Cc1ccccc1C(=O)O[C@H](C)C(=O)NC(=O)NC1CCCCC1. The summed E-state index contributed by atoms with van der Waals surface area (Å²) in [6, 6.07) is 6.54. The second-order valence-corrected chi connectivity index (χ2v) is 6.16. The lowest BCUT2D eigenvalue weighted by molar-refractivity contribution is -0.127. The van der Waals surface area contributed by atoms with E-state index in [9.17, 15) is 14.4 Å². The average Bonchev–Trinajstić information content (AvgIpc) is 2.55. The number of carbonyl (C=O) groups excluding carboxylic acids is 3. The van der Waals surface area contributed by atoms with Crippen LogP contribution in [-0.2, 0) is 9.53 Å². The maximum Gasteiger partial charge on any atom is 0.339 e. The Bertz CT molecular complexity index is 609. The fourth-order valence-electron chi connectivity index (χ4n) is 2.76. The Kier molecular flexibility index (Phi) is 6.35. The van der Waals surface area contributed by atoms with Crippen molar-refractivity contribution >= 4 is 17.9 Å². The largest absolute Gasteiger partial charge is 0.449 e. The van der Waals surface area contributed by atoms with Gasteiger partial charge in [-0.05, 0) is 38.3 Å². The van der Waals surface area contributed by atoms with Crippen molar-refractivity contribution in [1.82, 2.24) is 10.6 Å². The zero-order chi connectivity index (χ0) is 17.5. The lowest BCUT2D eigenvalue weighted by atomic mass is 9.96. The highest BCUT2D eigenvalue weighted by atomic mass is 16.5. The molecule has 1 aliphatic rings. The fourth-order valence-corrected chi connectivity index (χ4v) is 2.76. The molecule has 1 aliphatic carbocycles. The molecule has 1 aromatic carbocycles. The van der Waals surface area contributed by atoms with Gasteiger partial charge in [-0.2, -0.15) is 0 Å². The molecular formula is C18H24N2O4. The molecule has 6 heteroatoms. The molecule has 1 fully saturated rings. The van der Waals surface area contributed by atoms with Gasteiger partial charge in [0.15, 0.2) is 6.10 Å². The number of rotatable bonds is 4. The quantitative estimate of drug-likeness (QED) is 0.830. The topological polar surface area (TPSA) is 84.5 Å². The van der Waals surface area contributed by atoms with Crippen molar-refractivity contribution in [2.24, 2.45) is 0 Å². The minimum atomic E-state index is -1.05. The molecular weight excluding hydrogens is 308 g/mol. The number of amides is 3. The highest BCUT2D eigenvalue weighted by Crippen LogP contribution is 2.17. The van der Waals surface area contributed by atoms with E-state index < -0.39 is 24.0 Å². The second kappa shape index (κ2) is 8.47. The van der Waals surface area contributed by atoms with Gasteiger partial charge in [0.2, 0.25) is 0 Å². The molecule has 0 saturated heterocycles. The second-order valence-electron chi connectivity index (χ2n) is 6.16. The third-order valence-corrected chi connectivity index (χ3v) is 4.20. The molecule has 130 valence electrons. The molecule has 0 spiro atoms.